The minimum absolute atomic E-state index is 0.0315. The number of benzene rings is 3. The number of amides is 3. The van der Waals surface area contributed by atoms with Gasteiger partial charge in [0.2, 0.25) is 0 Å². The van der Waals surface area contributed by atoms with E-state index in [4.69, 9.17) is 11.6 Å². The summed E-state index contributed by atoms with van der Waals surface area (Å²) in [5.74, 6) is -0.978. The summed E-state index contributed by atoms with van der Waals surface area (Å²) in [5.41, 5.74) is 2.92. The number of fused-ring (bicyclic) bond motifs is 1. The molecule has 4 rings (SSSR count). The molecular weight excluding hydrogens is 436 g/mol. The van der Waals surface area contributed by atoms with Crippen molar-refractivity contribution < 1.29 is 14.4 Å². The zero-order chi connectivity index (χ0) is 23.8. The second-order valence-corrected chi connectivity index (χ2v) is 9.45. The number of rotatable bonds is 5. The molecule has 1 aliphatic heterocycles. The molecule has 6 heteroatoms. The van der Waals surface area contributed by atoms with Crippen LogP contribution in [0.1, 0.15) is 57.4 Å². The van der Waals surface area contributed by atoms with Crippen molar-refractivity contribution >= 4 is 35.0 Å². The van der Waals surface area contributed by atoms with E-state index < -0.39 is 0 Å². The fourth-order valence-electron chi connectivity index (χ4n) is 3.91. The molecule has 0 N–H and O–H groups in total. The lowest BCUT2D eigenvalue weighted by Gasteiger charge is -2.27. The predicted molar refractivity (Wildman–Crippen MR) is 130 cm³/mol. The third-order valence-electron chi connectivity index (χ3n) is 5.82. The van der Waals surface area contributed by atoms with Crippen molar-refractivity contribution in [3.05, 3.63) is 100 Å². The highest BCUT2D eigenvalue weighted by molar-refractivity contribution is 6.34. The number of anilines is 1. The molecule has 0 bridgehead atoms. The molecular formula is C27H25ClN2O3. The summed E-state index contributed by atoms with van der Waals surface area (Å²) in [6.45, 7) is 6.58. The average molecular weight is 461 g/mol. The van der Waals surface area contributed by atoms with Crippen molar-refractivity contribution in [1.82, 2.24) is 4.90 Å². The summed E-state index contributed by atoms with van der Waals surface area (Å²) in [6.07, 6.45) is 0. The molecule has 1 aliphatic rings. The minimum Gasteiger partial charge on any atom is -0.307 e. The van der Waals surface area contributed by atoms with Crippen LogP contribution in [0.25, 0.3) is 0 Å². The van der Waals surface area contributed by atoms with E-state index in [9.17, 15) is 14.4 Å². The zero-order valence-corrected chi connectivity index (χ0v) is 19.6. The first kappa shape index (κ1) is 22.7. The Balaban J connectivity index is 1.64. The summed E-state index contributed by atoms with van der Waals surface area (Å²) in [5, 5.41) is 0.347. The second kappa shape index (κ2) is 8.83. The number of nitrogens with zero attached hydrogens (tertiary/aromatic N) is 2. The van der Waals surface area contributed by atoms with E-state index in [1.165, 1.54) is 4.90 Å². The molecule has 1 heterocycles. The summed E-state index contributed by atoms with van der Waals surface area (Å²) >= 11 is 6.30. The van der Waals surface area contributed by atoms with Gasteiger partial charge in [-0.25, -0.2) is 0 Å². The van der Waals surface area contributed by atoms with Gasteiger partial charge < -0.3 is 4.90 Å². The number of halogens is 1. The quantitative estimate of drug-likeness (QED) is 0.467. The molecule has 0 atom stereocenters. The molecule has 33 heavy (non-hydrogen) atoms. The molecule has 3 amide bonds. The van der Waals surface area contributed by atoms with E-state index in [2.05, 4.69) is 20.8 Å². The van der Waals surface area contributed by atoms with E-state index in [-0.39, 0.29) is 36.2 Å². The summed E-state index contributed by atoms with van der Waals surface area (Å²) in [6, 6.07) is 21.4. The number of hydrogen-bond acceptors (Lipinski definition) is 3. The van der Waals surface area contributed by atoms with Crippen LogP contribution in [0, 0.1) is 0 Å². The van der Waals surface area contributed by atoms with Crippen molar-refractivity contribution in [1.29, 1.82) is 0 Å². The van der Waals surface area contributed by atoms with E-state index in [0.717, 1.165) is 5.56 Å². The van der Waals surface area contributed by atoms with Crippen LogP contribution in [-0.4, -0.2) is 35.7 Å². The Hall–Kier alpha value is -3.44. The SMILES string of the molecule is CC(C)(C)c1ccc(N(CCN2C(=O)c3ccccc3C2=O)C(=O)c2ccccc2Cl)cc1. The average Bonchev–Trinajstić information content (AvgIpc) is 3.04. The highest BCUT2D eigenvalue weighted by Gasteiger charge is 2.35. The Morgan fingerprint density at radius 1 is 0.848 bits per heavy atom. The monoisotopic (exact) mass is 460 g/mol. The first-order chi connectivity index (χ1) is 15.7. The number of carbonyl (C=O) groups excluding carboxylic acids is 3. The first-order valence-corrected chi connectivity index (χ1v) is 11.2. The lowest BCUT2D eigenvalue weighted by molar-refractivity contribution is 0.0654. The van der Waals surface area contributed by atoms with E-state index in [1.807, 2.05) is 24.3 Å². The molecule has 0 fully saturated rings. The Kier molecular flexibility index (Phi) is 6.09. The molecule has 5 nitrogen and oxygen atoms in total. The third-order valence-corrected chi connectivity index (χ3v) is 6.15. The topological polar surface area (TPSA) is 57.7 Å². The van der Waals surface area contributed by atoms with Crippen molar-refractivity contribution in [3.8, 4) is 0 Å². The standard InChI is InChI=1S/C27H25ClN2O3/c1-27(2,3)18-12-14-19(15-13-18)29(26(33)22-10-6-7-11-23(22)28)16-17-30-24(31)20-8-4-5-9-21(20)25(30)32/h4-15H,16-17H2,1-3H3. The van der Waals surface area contributed by atoms with Gasteiger partial charge in [-0.05, 0) is 47.4 Å². The van der Waals surface area contributed by atoms with Crippen molar-refractivity contribution in [2.45, 2.75) is 26.2 Å². The van der Waals surface area contributed by atoms with Gasteiger partial charge in [0, 0.05) is 18.8 Å². The van der Waals surface area contributed by atoms with Crippen molar-refractivity contribution in [3.63, 3.8) is 0 Å². The molecule has 0 radical (unpaired) electrons. The van der Waals surface area contributed by atoms with Crippen LogP contribution < -0.4 is 4.90 Å². The molecule has 0 saturated heterocycles. The largest absolute Gasteiger partial charge is 0.307 e. The predicted octanol–water partition coefficient (Wildman–Crippen LogP) is 5.58. The van der Waals surface area contributed by atoms with E-state index in [0.29, 0.717) is 27.4 Å². The van der Waals surface area contributed by atoms with Gasteiger partial charge in [-0.15, -0.1) is 0 Å². The molecule has 0 unspecified atom stereocenters. The van der Waals surface area contributed by atoms with Gasteiger partial charge in [-0.1, -0.05) is 68.8 Å². The normalized spacial score (nSPS) is 13.3. The van der Waals surface area contributed by atoms with Crippen molar-refractivity contribution in [2.75, 3.05) is 18.0 Å². The Morgan fingerprint density at radius 2 is 1.39 bits per heavy atom. The second-order valence-electron chi connectivity index (χ2n) is 9.04. The number of imide groups is 1. The van der Waals surface area contributed by atoms with Gasteiger partial charge in [-0.3, -0.25) is 19.3 Å². The van der Waals surface area contributed by atoms with Gasteiger partial charge in [0.15, 0.2) is 0 Å². The van der Waals surface area contributed by atoms with Crippen LogP contribution in [0.2, 0.25) is 5.02 Å². The third kappa shape index (κ3) is 4.41. The maximum absolute atomic E-state index is 13.5. The van der Waals surface area contributed by atoms with Crippen LogP contribution >= 0.6 is 11.6 Å². The molecule has 168 valence electrons. The van der Waals surface area contributed by atoms with Gasteiger partial charge in [0.1, 0.15) is 0 Å². The molecule has 0 aromatic heterocycles. The van der Waals surface area contributed by atoms with E-state index in [1.54, 1.807) is 53.4 Å². The fourth-order valence-corrected chi connectivity index (χ4v) is 4.13. The molecule has 0 saturated carbocycles. The molecule has 3 aromatic carbocycles. The Bertz CT molecular complexity index is 1190. The summed E-state index contributed by atoms with van der Waals surface area (Å²) < 4.78 is 0. The zero-order valence-electron chi connectivity index (χ0n) is 18.8. The lowest BCUT2D eigenvalue weighted by atomic mass is 9.87. The van der Waals surface area contributed by atoms with Gasteiger partial charge in [0.05, 0.1) is 21.7 Å². The molecule has 0 spiro atoms. The smallest absolute Gasteiger partial charge is 0.261 e. The number of carbonyl (C=O) groups is 3. The molecule has 0 aliphatic carbocycles. The maximum atomic E-state index is 13.5. The van der Waals surface area contributed by atoms with Crippen LogP contribution in [0.3, 0.4) is 0 Å². The van der Waals surface area contributed by atoms with Gasteiger partial charge in [-0.2, -0.15) is 0 Å². The van der Waals surface area contributed by atoms with Crippen molar-refractivity contribution in [2.24, 2.45) is 0 Å². The highest BCUT2D eigenvalue weighted by atomic mass is 35.5. The van der Waals surface area contributed by atoms with Crippen LogP contribution in [-0.2, 0) is 5.41 Å². The Labute approximate surface area is 198 Å². The van der Waals surface area contributed by atoms with Crippen LogP contribution in [0.15, 0.2) is 72.8 Å². The van der Waals surface area contributed by atoms with E-state index >= 15 is 0 Å². The van der Waals surface area contributed by atoms with Crippen LogP contribution in [0.4, 0.5) is 5.69 Å². The maximum Gasteiger partial charge on any atom is 0.261 e. The highest BCUT2D eigenvalue weighted by Crippen LogP contribution is 2.28. The molecule has 3 aromatic rings. The van der Waals surface area contributed by atoms with Gasteiger partial charge in [0.25, 0.3) is 17.7 Å². The lowest BCUT2D eigenvalue weighted by Crippen LogP contribution is -2.41. The summed E-state index contributed by atoms with van der Waals surface area (Å²) in [4.78, 5) is 41.8. The fraction of sp³-hybridized carbons (Fsp3) is 0.222. The Morgan fingerprint density at radius 3 is 1.94 bits per heavy atom. The number of hydrogen-bond donors (Lipinski definition) is 0. The van der Waals surface area contributed by atoms with Gasteiger partial charge >= 0.3 is 0 Å². The minimum atomic E-state index is -0.344. The summed E-state index contributed by atoms with van der Waals surface area (Å²) in [7, 11) is 0. The first-order valence-electron chi connectivity index (χ1n) is 10.8. The van der Waals surface area contributed by atoms with Crippen LogP contribution in [0.5, 0.6) is 0 Å².